The van der Waals surface area contributed by atoms with E-state index in [1.54, 1.807) is 24.3 Å². The SMILES string of the molecule is CN(CC(=O)N(Cc1ccccc1Cl)[C@@H](Cc1ccccc1)C(=O)NC(C)(C)C)S(=O)(=O)c1ccc(Cl)cc1. The van der Waals surface area contributed by atoms with E-state index < -0.39 is 34.1 Å². The van der Waals surface area contributed by atoms with E-state index in [4.69, 9.17) is 23.2 Å². The van der Waals surface area contributed by atoms with Gasteiger partial charge in [0, 0.05) is 35.6 Å². The number of sulfonamides is 1. The maximum absolute atomic E-state index is 13.9. The lowest BCUT2D eigenvalue weighted by atomic mass is 10.0. The summed E-state index contributed by atoms with van der Waals surface area (Å²) in [4.78, 5) is 28.9. The van der Waals surface area contributed by atoms with Crippen molar-refractivity contribution in [2.24, 2.45) is 0 Å². The number of carbonyl (C=O) groups excluding carboxylic acids is 2. The molecular weight excluding hydrogens is 557 g/mol. The van der Waals surface area contributed by atoms with Gasteiger partial charge in [0.15, 0.2) is 0 Å². The number of nitrogens with zero attached hydrogens (tertiary/aromatic N) is 2. The summed E-state index contributed by atoms with van der Waals surface area (Å²) in [5.74, 6) is -0.894. The summed E-state index contributed by atoms with van der Waals surface area (Å²) in [5.41, 5.74) is 0.933. The van der Waals surface area contributed by atoms with Crippen molar-refractivity contribution in [2.45, 2.75) is 50.2 Å². The average molecular weight is 591 g/mol. The predicted molar refractivity (Wildman–Crippen MR) is 155 cm³/mol. The molecule has 0 bridgehead atoms. The highest BCUT2D eigenvalue weighted by Crippen LogP contribution is 2.22. The zero-order valence-electron chi connectivity index (χ0n) is 22.4. The molecule has 208 valence electrons. The quantitative estimate of drug-likeness (QED) is 0.353. The Morgan fingerprint density at radius 3 is 2.08 bits per heavy atom. The standard InChI is InChI=1S/C29H33Cl2N3O4S/c1-29(2,3)32-28(36)26(18-21-10-6-5-7-11-21)34(19-22-12-8-9-13-25(22)31)27(35)20-33(4)39(37,38)24-16-14-23(30)15-17-24/h5-17,26H,18-20H2,1-4H3,(H,32,36)/t26-/m0/s1. The summed E-state index contributed by atoms with van der Waals surface area (Å²) in [6.07, 6.45) is 0.229. The summed E-state index contributed by atoms with van der Waals surface area (Å²) in [6.45, 7) is 5.11. The minimum atomic E-state index is -4.00. The van der Waals surface area contributed by atoms with Crippen LogP contribution in [-0.2, 0) is 32.6 Å². The van der Waals surface area contributed by atoms with Crippen LogP contribution in [0.4, 0.5) is 0 Å². The zero-order chi connectivity index (χ0) is 28.8. The highest BCUT2D eigenvalue weighted by atomic mass is 35.5. The first-order valence-corrected chi connectivity index (χ1v) is 14.6. The second-order valence-electron chi connectivity index (χ2n) is 10.3. The molecule has 2 amide bonds. The number of rotatable bonds is 10. The lowest BCUT2D eigenvalue weighted by molar-refractivity contribution is -0.141. The predicted octanol–water partition coefficient (Wildman–Crippen LogP) is 5.17. The lowest BCUT2D eigenvalue weighted by Gasteiger charge is -2.34. The molecule has 0 aromatic heterocycles. The number of carbonyl (C=O) groups is 2. The van der Waals surface area contributed by atoms with E-state index in [1.165, 1.54) is 36.2 Å². The van der Waals surface area contributed by atoms with Crippen molar-refractivity contribution in [3.05, 3.63) is 100 Å². The summed E-state index contributed by atoms with van der Waals surface area (Å²) in [7, 11) is -2.67. The fourth-order valence-corrected chi connectivity index (χ4v) is 5.41. The minimum absolute atomic E-state index is 0.00571. The molecule has 0 spiro atoms. The van der Waals surface area contributed by atoms with Gasteiger partial charge >= 0.3 is 0 Å². The van der Waals surface area contributed by atoms with Gasteiger partial charge in [-0.05, 0) is 62.2 Å². The highest BCUT2D eigenvalue weighted by Gasteiger charge is 2.34. The Kier molecular flexibility index (Phi) is 10.2. The van der Waals surface area contributed by atoms with Crippen LogP contribution in [0, 0.1) is 0 Å². The number of amides is 2. The van der Waals surface area contributed by atoms with E-state index in [0.717, 1.165) is 9.87 Å². The number of likely N-dealkylation sites (N-methyl/N-ethyl adjacent to an activating group) is 1. The Balaban J connectivity index is 2.00. The Bertz CT molecular complexity index is 1390. The van der Waals surface area contributed by atoms with E-state index in [-0.39, 0.29) is 23.8 Å². The molecule has 0 saturated heterocycles. The largest absolute Gasteiger partial charge is 0.350 e. The van der Waals surface area contributed by atoms with E-state index in [9.17, 15) is 18.0 Å². The van der Waals surface area contributed by atoms with Gasteiger partial charge in [-0.3, -0.25) is 9.59 Å². The Hall–Kier alpha value is -2.91. The van der Waals surface area contributed by atoms with Gasteiger partial charge < -0.3 is 10.2 Å². The molecule has 0 unspecified atom stereocenters. The maximum Gasteiger partial charge on any atom is 0.243 e. The van der Waals surface area contributed by atoms with Crippen LogP contribution in [0.1, 0.15) is 31.9 Å². The van der Waals surface area contributed by atoms with Gasteiger partial charge in [0.25, 0.3) is 0 Å². The third-order valence-electron chi connectivity index (χ3n) is 5.95. The number of halogens is 2. The smallest absolute Gasteiger partial charge is 0.243 e. The van der Waals surface area contributed by atoms with Crippen LogP contribution in [0.25, 0.3) is 0 Å². The molecule has 3 aromatic carbocycles. The van der Waals surface area contributed by atoms with Crippen molar-refractivity contribution in [1.82, 2.24) is 14.5 Å². The number of hydrogen-bond donors (Lipinski definition) is 1. The van der Waals surface area contributed by atoms with Gasteiger partial charge in [-0.2, -0.15) is 4.31 Å². The van der Waals surface area contributed by atoms with E-state index in [2.05, 4.69) is 5.32 Å². The average Bonchev–Trinajstić information content (AvgIpc) is 2.87. The van der Waals surface area contributed by atoms with Gasteiger partial charge in [0.2, 0.25) is 21.8 Å². The molecule has 3 aromatic rings. The third kappa shape index (κ3) is 8.54. The highest BCUT2D eigenvalue weighted by molar-refractivity contribution is 7.89. The zero-order valence-corrected chi connectivity index (χ0v) is 24.7. The van der Waals surface area contributed by atoms with Gasteiger partial charge in [0.05, 0.1) is 11.4 Å². The van der Waals surface area contributed by atoms with Crippen molar-refractivity contribution < 1.29 is 18.0 Å². The van der Waals surface area contributed by atoms with Crippen molar-refractivity contribution >= 4 is 45.0 Å². The molecule has 0 aliphatic heterocycles. The molecule has 0 heterocycles. The molecular formula is C29H33Cl2N3O4S. The normalized spacial score (nSPS) is 12.7. The fourth-order valence-electron chi connectivity index (χ4n) is 3.97. The van der Waals surface area contributed by atoms with Crippen molar-refractivity contribution in [1.29, 1.82) is 0 Å². The monoisotopic (exact) mass is 589 g/mol. The van der Waals surface area contributed by atoms with Crippen LogP contribution in [0.3, 0.4) is 0 Å². The first kappa shape index (κ1) is 30.6. The number of benzene rings is 3. The van der Waals surface area contributed by atoms with E-state index in [1.807, 2.05) is 51.1 Å². The molecule has 1 atom stereocenters. The molecule has 0 radical (unpaired) electrons. The summed E-state index contributed by atoms with van der Waals surface area (Å²) in [5, 5.41) is 3.81. The molecule has 10 heteroatoms. The third-order valence-corrected chi connectivity index (χ3v) is 8.39. The molecule has 0 saturated carbocycles. The molecule has 0 fully saturated rings. The Labute approximate surface area is 240 Å². The number of nitrogens with one attached hydrogen (secondary N) is 1. The van der Waals surface area contributed by atoms with Crippen molar-refractivity contribution in [3.8, 4) is 0 Å². The summed E-state index contributed by atoms with van der Waals surface area (Å²) in [6, 6.07) is 21.2. The topological polar surface area (TPSA) is 86.8 Å². The first-order chi connectivity index (χ1) is 18.3. The molecule has 3 rings (SSSR count). The number of hydrogen-bond acceptors (Lipinski definition) is 4. The second-order valence-corrected chi connectivity index (χ2v) is 13.2. The fraction of sp³-hybridized carbons (Fsp3) is 0.310. The van der Waals surface area contributed by atoms with Gasteiger partial charge in [0.1, 0.15) is 6.04 Å². The molecule has 7 nitrogen and oxygen atoms in total. The molecule has 0 aliphatic carbocycles. The second kappa shape index (κ2) is 13.0. The van der Waals surface area contributed by atoms with Crippen LogP contribution in [-0.4, -0.2) is 54.6 Å². The van der Waals surface area contributed by atoms with Crippen LogP contribution < -0.4 is 5.32 Å². The van der Waals surface area contributed by atoms with Crippen LogP contribution in [0.15, 0.2) is 83.8 Å². The van der Waals surface area contributed by atoms with E-state index in [0.29, 0.717) is 15.6 Å². The first-order valence-electron chi connectivity index (χ1n) is 12.4. The molecule has 1 N–H and O–H groups in total. The maximum atomic E-state index is 13.9. The van der Waals surface area contributed by atoms with Crippen LogP contribution in [0.2, 0.25) is 10.0 Å². The van der Waals surface area contributed by atoms with Gasteiger partial charge in [-0.1, -0.05) is 71.7 Å². The Morgan fingerprint density at radius 2 is 1.49 bits per heavy atom. The van der Waals surface area contributed by atoms with Crippen molar-refractivity contribution in [3.63, 3.8) is 0 Å². The minimum Gasteiger partial charge on any atom is -0.350 e. The molecule has 0 aliphatic rings. The van der Waals surface area contributed by atoms with Gasteiger partial charge in [-0.15, -0.1) is 0 Å². The Morgan fingerprint density at radius 1 is 0.897 bits per heavy atom. The molecule has 39 heavy (non-hydrogen) atoms. The van der Waals surface area contributed by atoms with Gasteiger partial charge in [-0.25, -0.2) is 8.42 Å². The van der Waals surface area contributed by atoms with Crippen molar-refractivity contribution in [2.75, 3.05) is 13.6 Å². The van der Waals surface area contributed by atoms with E-state index >= 15 is 0 Å². The van der Waals surface area contributed by atoms with Crippen LogP contribution in [0.5, 0.6) is 0 Å². The van der Waals surface area contributed by atoms with Crippen LogP contribution >= 0.6 is 23.2 Å². The summed E-state index contributed by atoms with van der Waals surface area (Å²) >= 11 is 12.4. The lowest BCUT2D eigenvalue weighted by Crippen LogP contribution is -2.56. The summed E-state index contributed by atoms with van der Waals surface area (Å²) < 4.78 is 27.4.